The van der Waals surface area contributed by atoms with Crippen LogP contribution in [-0.2, 0) is 19.4 Å². The van der Waals surface area contributed by atoms with Gasteiger partial charge in [0.15, 0.2) is 12.2 Å². The van der Waals surface area contributed by atoms with Crippen LogP contribution in [0.3, 0.4) is 0 Å². The van der Waals surface area contributed by atoms with E-state index in [0.717, 1.165) is 49.7 Å². The Morgan fingerprint density at radius 3 is 2.92 bits per heavy atom. The molecule has 128 valence electrons. The zero-order chi connectivity index (χ0) is 16.7. The van der Waals surface area contributed by atoms with E-state index >= 15 is 0 Å². The van der Waals surface area contributed by atoms with E-state index in [1.165, 1.54) is 17.7 Å². The van der Waals surface area contributed by atoms with Gasteiger partial charge in [0, 0.05) is 31.6 Å². The van der Waals surface area contributed by atoms with Crippen LogP contribution in [0, 0.1) is 0 Å². The maximum atomic E-state index is 5.52. The van der Waals surface area contributed by atoms with Crippen LogP contribution in [0.1, 0.15) is 48.9 Å². The van der Waals surface area contributed by atoms with Crippen LogP contribution in [0.15, 0.2) is 16.9 Å². The van der Waals surface area contributed by atoms with Crippen molar-refractivity contribution in [2.24, 2.45) is 0 Å². The summed E-state index contributed by atoms with van der Waals surface area (Å²) in [5.41, 5.74) is 3.64. The Morgan fingerprint density at radius 1 is 1.29 bits per heavy atom. The molecule has 1 saturated heterocycles. The molecule has 0 unspecified atom stereocenters. The van der Waals surface area contributed by atoms with E-state index in [1.807, 2.05) is 0 Å². The fourth-order valence-corrected chi connectivity index (χ4v) is 3.62. The molecule has 0 bridgehead atoms. The van der Waals surface area contributed by atoms with Crippen molar-refractivity contribution in [3.8, 4) is 0 Å². The van der Waals surface area contributed by atoms with Gasteiger partial charge < -0.3 is 9.32 Å². The van der Waals surface area contributed by atoms with E-state index in [-0.39, 0.29) is 0 Å². The normalized spacial score (nSPS) is 17.6. The third-order valence-corrected chi connectivity index (χ3v) is 5.21. The zero-order valence-electron chi connectivity index (χ0n) is 14.7. The second-order valence-electron chi connectivity index (χ2n) is 7.32. The lowest BCUT2D eigenvalue weighted by molar-refractivity contribution is 0.193. The lowest BCUT2D eigenvalue weighted by Crippen LogP contribution is -2.58. The number of rotatable bonds is 5. The number of aryl methyl sites for hydroxylation is 2. The Bertz CT molecular complexity index is 720. The number of nitrogens with zero attached hydrogens (tertiary/aromatic N) is 5. The van der Waals surface area contributed by atoms with E-state index in [4.69, 9.17) is 4.42 Å². The molecule has 0 saturated carbocycles. The van der Waals surface area contributed by atoms with Gasteiger partial charge in [0.05, 0.1) is 11.4 Å². The molecule has 6 heteroatoms. The first-order valence-corrected chi connectivity index (χ1v) is 8.84. The molecule has 24 heavy (non-hydrogen) atoms. The lowest BCUT2D eigenvalue weighted by Gasteiger charge is -2.44. The summed E-state index contributed by atoms with van der Waals surface area (Å²) in [6.07, 6.45) is 5.02. The number of hydrogen-bond donors (Lipinski definition) is 0. The summed E-state index contributed by atoms with van der Waals surface area (Å²) in [5.74, 6) is 2.41. The standard InChI is InChI=1S/C18H25N5O/c1-12(2)18-16(19-11-24-18)10-22(3)14-8-23(9-14)17-7-13-5-4-6-15(13)20-21-17/h7,11-12,14H,4-6,8-10H2,1-3H3. The van der Waals surface area contributed by atoms with Gasteiger partial charge >= 0.3 is 0 Å². The molecule has 1 aliphatic heterocycles. The molecule has 0 N–H and O–H groups in total. The molecule has 0 amide bonds. The molecule has 0 spiro atoms. The maximum Gasteiger partial charge on any atom is 0.181 e. The number of hydrogen-bond acceptors (Lipinski definition) is 6. The van der Waals surface area contributed by atoms with Crippen molar-refractivity contribution in [2.75, 3.05) is 25.0 Å². The lowest BCUT2D eigenvalue weighted by atomic mass is 10.1. The summed E-state index contributed by atoms with van der Waals surface area (Å²) in [7, 11) is 2.16. The summed E-state index contributed by atoms with van der Waals surface area (Å²) in [4.78, 5) is 9.07. The van der Waals surface area contributed by atoms with Crippen molar-refractivity contribution in [1.29, 1.82) is 0 Å². The quantitative estimate of drug-likeness (QED) is 0.840. The van der Waals surface area contributed by atoms with Crippen LogP contribution in [0.5, 0.6) is 0 Å². The molecule has 6 nitrogen and oxygen atoms in total. The predicted molar refractivity (Wildman–Crippen MR) is 92.1 cm³/mol. The molecule has 1 aliphatic carbocycles. The van der Waals surface area contributed by atoms with Crippen LogP contribution in [0.4, 0.5) is 5.82 Å². The molecule has 3 heterocycles. The molecule has 0 radical (unpaired) electrons. The van der Waals surface area contributed by atoms with Gasteiger partial charge in [-0.2, -0.15) is 5.10 Å². The smallest absolute Gasteiger partial charge is 0.181 e. The first-order valence-electron chi connectivity index (χ1n) is 8.84. The third kappa shape index (κ3) is 2.79. The summed E-state index contributed by atoms with van der Waals surface area (Å²) in [5, 5.41) is 8.81. The van der Waals surface area contributed by atoms with Crippen molar-refractivity contribution in [2.45, 2.75) is 51.6 Å². The average Bonchev–Trinajstić information content (AvgIpc) is 3.13. The first-order chi connectivity index (χ1) is 11.6. The van der Waals surface area contributed by atoms with Crippen LogP contribution in [0.2, 0.25) is 0 Å². The van der Waals surface area contributed by atoms with E-state index in [1.54, 1.807) is 6.39 Å². The van der Waals surface area contributed by atoms with Gasteiger partial charge in [-0.1, -0.05) is 13.8 Å². The molecule has 2 aromatic heterocycles. The van der Waals surface area contributed by atoms with Gasteiger partial charge in [0.2, 0.25) is 0 Å². The molecule has 1 fully saturated rings. The summed E-state index contributed by atoms with van der Waals surface area (Å²) in [6.45, 7) is 7.11. The fourth-order valence-electron chi connectivity index (χ4n) is 3.62. The molecule has 2 aromatic rings. The fraction of sp³-hybridized carbons (Fsp3) is 0.611. The maximum absolute atomic E-state index is 5.52. The highest BCUT2D eigenvalue weighted by Gasteiger charge is 2.32. The van der Waals surface area contributed by atoms with Crippen molar-refractivity contribution in [3.05, 3.63) is 35.2 Å². The van der Waals surface area contributed by atoms with Gasteiger partial charge in [0.1, 0.15) is 5.76 Å². The van der Waals surface area contributed by atoms with Crippen molar-refractivity contribution in [3.63, 3.8) is 0 Å². The molecular formula is C18H25N5O. The minimum absolute atomic E-state index is 0.371. The van der Waals surface area contributed by atoms with E-state index < -0.39 is 0 Å². The number of fused-ring (bicyclic) bond motifs is 1. The Balaban J connectivity index is 1.36. The second kappa shape index (κ2) is 6.16. The van der Waals surface area contributed by atoms with Gasteiger partial charge in [0.25, 0.3) is 0 Å². The Labute approximate surface area is 142 Å². The van der Waals surface area contributed by atoms with Crippen LogP contribution in [0.25, 0.3) is 0 Å². The first kappa shape index (κ1) is 15.6. The highest BCUT2D eigenvalue weighted by Crippen LogP contribution is 2.27. The third-order valence-electron chi connectivity index (χ3n) is 5.21. The Hall–Kier alpha value is -1.95. The van der Waals surface area contributed by atoms with Gasteiger partial charge in [-0.25, -0.2) is 4.98 Å². The molecule has 2 aliphatic rings. The van der Waals surface area contributed by atoms with E-state index in [0.29, 0.717) is 12.0 Å². The highest BCUT2D eigenvalue weighted by molar-refractivity contribution is 5.45. The molecule has 0 aromatic carbocycles. The largest absolute Gasteiger partial charge is 0.448 e. The topological polar surface area (TPSA) is 58.3 Å². The zero-order valence-corrected chi connectivity index (χ0v) is 14.7. The monoisotopic (exact) mass is 327 g/mol. The number of aromatic nitrogens is 3. The van der Waals surface area contributed by atoms with Gasteiger partial charge in [-0.3, -0.25) is 4.90 Å². The Kier molecular flexibility index (Phi) is 4.00. The highest BCUT2D eigenvalue weighted by atomic mass is 16.3. The van der Waals surface area contributed by atoms with Crippen molar-refractivity contribution >= 4 is 5.82 Å². The molecule has 0 atom stereocenters. The average molecular weight is 327 g/mol. The second-order valence-corrected chi connectivity index (χ2v) is 7.32. The van der Waals surface area contributed by atoms with Crippen LogP contribution < -0.4 is 4.90 Å². The predicted octanol–water partition coefficient (Wildman–Crippen LogP) is 2.40. The van der Waals surface area contributed by atoms with E-state index in [2.05, 4.69) is 51.9 Å². The number of likely N-dealkylation sites (N-methyl/N-ethyl adjacent to an activating group) is 1. The van der Waals surface area contributed by atoms with Crippen molar-refractivity contribution in [1.82, 2.24) is 20.1 Å². The molecular weight excluding hydrogens is 302 g/mol. The van der Waals surface area contributed by atoms with E-state index in [9.17, 15) is 0 Å². The number of oxazole rings is 1. The Morgan fingerprint density at radius 2 is 2.12 bits per heavy atom. The summed E-state index contributed by atoms with van der Waals surface area (Å²) < 4.78 is 5.52. The van der Waals surface area contributed by atoms with Crippen molar-refractivity contribution < 1.29 is 4.42 Å². The van der Waals surface area contributed by atoms with Crippen LogP contribution >= 0.6 is 0 Å². The number of anilines is 1. The minimum atomic E-state index is 0.371. The van der Waals surface area contributed by atoms with Gasteiger partial charge in [-0.15, -0.1) is 5.10 Å². The summed E-state index contributed by atoms with van der Waals surface area (Å²) in [6, 6.07) is 2.76. The molecule has 4 rings (SSSR count). The van der Waals surface area contributed by atoms with Crippen LogP contribution in [-0.4, -0.2) is 46.3 Å². The SMILES string of the molecule is CC(C)c1ocnc1CN(C)C1CN(c2cc3c(nn2)CCC3)C1. The van der Waals surface area contributed by atoms with Gasteiger partial charge in [-0.05, 0) is 37.9 Å². The summed E-state index contributed by atoms with van der Waals surface area (Å²) >= 11 is 0. The minimum Gasteiger partial charge on any atom is -0.448 e.